The van der Waals surface area contributed by atoms with Crippen LogP contribution in [0.15, 0.2) is 23.1 Å². The zero-order chi connectivity index (χ0) is 15.5. The molecule has 0 unspecified atom stereocenters. The van der Waals surface area contributed by atoms with Crippen LogP contribution in [0.25, 0.3) is 17.2 Å². The molecule has 1 aliphatic rings. The van der Waals surface area contributed by atoms with Crippen molar-refractivity contribution in [2.45, 2.75) is 39.0 Å². The molecule has 3 rings (SSSR count). The summed E-state index contributed by atoms with van der Waals surface area (Å²) >= 11 is 0. The summed E-state index contributed by atoms with van der Waals surface area (Å²) in [5, 5.41) is 3.00. The molecule has 1 saturated carbocycles. The summed E-state index contributed by atoms with van der Waals surface area (Å²) in [5.41, 5.74) is 3.96. The Hall–Kier alpha value is -2.10. The van der Waals surface area contributed by atoms with Crippen LogP contribution in [-0.4, -0.2) is 17.4 Å². The van der Waals surface area contributed by atoms with E-state index >= 15 is 0 Å². The summed E-state index contributed by atoms with van der Waals surface area (Å²) in [6.07, 6.45) is 6.47. The van der Waals surface area contributed by atoms with Crippen molar-refractivity contribution in [3.05, 3.63) is 35.7 Å². The second-order valence-corrected chi connectivity index (χ2v) is 5.86. The monoisotopic (exact) mass is 298 g/mol. The van der Waals surface area contributed by atoms with Crippen LogP contribution < -0.4 is 5.32 Å². The van der Waals surface area contributed by atoms with E-state index in [1.54, 1.807) is 0 Å². The molecule has 1 amide bonds. The highest BCUT2D eigenvalue weighted by Gasteiger charge is 2.28. The molecular weight excluding hydrogens is 276 g/mol. The Labute approximate surface area is 130 Å². The van der Waals surface area contributed by atoms with E-state index in [-0.39, 0.29) is 11.8 Å². The van der Waals surface area contributed by atoms with E-state index < -0.39 is 0 Å². The van der Waals surface area contributed by atoms with Crippen LogP contribution in [0, 0.1) is 5.92 Å². The fourth-order valence-corrected chi connectivity index (χ4v) is 2.61. The van der Waals surface area contributed by atoms with E-state index in [4.69, 9.17) is 4.42 Å². The van der Waals surface area contributed by atoms with Crippen molar-refractivity contribution in [2.75, 3.05) is 6.54 Å². The van der Waals surface area contributed by atoms with Crippen molar-refractivity contribution in [3.63, 3.8) is 0 Å². The second kappa shape index (κ2) is 6.34. The first-order valence-corrected chi connectivity index (χ1v) is 8.03. The number of amides is 1. The van der Waals surface area contributed by atoms with E-state index in [1.807, 2.05) is 19.1 Å². The first-order valence-electron chi connectivity index (χ1n) is 8.03. The molecule has 1 aromatic heterocycles. The number of rotatable bonds is 7. The second-order valence-electron chi connectivity index (χ2n) is 5.86. The largest absolute Gasteiger partial charge is 0.440 e. The predicted octanol–water partition coefficient (Wildman–Crippen LogP) is 3.49. The molecule has 1 heterocycles. The summed E-state index contributed by atoms with van der Waals surface area (Å²) in [4.78, 5) is 16.1. The van der Waals surface area contributed by atoms with Crippen LogP contribution in [0.4, 0.5) is 0 Å². The van der Waals surface area contributed by atoms with Gasteiger partial charge in [-0.2, -0.15) is 0 Å². The van der Waals surface area contributed by atoms with Gasteiger partial charge in [0.15, 0.2) is 11.5 Å². The maximum atomic E-state index is 11.6. The van der Waals surface area contributed by atoms with Gasteiger partial charge in [-0.3, -0.25) is 4.79 Å². The smallest absolute Gasteiger partial charge is 0.223 e. The highest BCUT2D eigenvalue weighted by Crippen LogP contribution is 2.28. The van der Waals surface area contributed by atoms with Gasteiger partial charge in [-0.15, -0.1) is 0 Å². The number of aryl methyl sites for hydroxylation is 2. The minimum atomic E-state index is 0.206. The van der Waals surface area contributed by atoms with Crippen LogP contribution in [0.2, 0.25) is 0 Å². The lowest BCUT2D eigenvalue weighted by Gasteiger charge is -2.06. The molecule has 116 valence electrons. The van der Waals surface area contributed by atoms with Crippen LogP contribution in [0.5, 0.6) is 0 Å². The number of hydrogen-bond donors (Lipinski definition) is 1. The highest BCUT2D eigenvalue weighted by atomic mass is 16.3. The molecule has 0 bridgehead atoms. The van der Waals surface area contributed by atoms with Crippen LogP contribution in [-0.2, 0) is 17.6 Å². The minimum Gasteiger partial charge on any atom is -0.440 e. The van der Waals surface area contributed by atoms with Gasteiger partial charge >= 0.3 is 0 Å². The third-order valence-electron chi connectivity index (χ3n) is 4.04. The third-order valence-corrected chi connectivity index (χ3v) is 4.04. The summed E-state index contributed by atoms with van der Waals surface area (Å²) < 4.78 is 5.84. The number of oxazole rings is 1. The van der Waals surface area contributed by atoms with Gasteiger partial charge in [-0.1, -0.05) is 19.6 Å². The Morgan fingerprint density at radius 2 is 2.32 bits per heavy atom. The Balaban J connectivity index is 1.69. The van der Waals surface area contributed by atoms with Gasteiger partial charge in [0.25, 0.3) is 0 Å². The number of carbonyl (C=O) groups excluding carboxylic acids is 1. The number of aromatic nitrogens is 1. The summed E-state index contributed by atoms with van der Waals surface area (Å²) in [7, 11) is 0. The fourth-order valence-electron chi connectivity index (χ4n) is 2.61. The molecule has 1 aromatic carbocycles. The lowest BCUT2D eigenvalue weighted by Crippen LogP contribution is -2.26. The number of carbonyl (C=O) groups is 1. The zero-order valence-electron chi connectivity index (χ0n) is 13.0. The molecule has 0 aliphatic heterocycles. The topological polar surface area (TPSA) is 55.1 Å². The van der Waals surface area contributed by atoms with E-state index in [0.29, 0.717) is 6.54 Å². The normalized spacial score (nSPS) is 14.2. The molecule has 2 aromatic rings. The highest BCUT2D eigenvalue weighted by molar-refractivity contribution is 5.81. The molecule has 4 heteroatoms. The molecule has 4 nitrogen and oxygen atoms in total. The molecule has 0 saturated heterocycles. The Bertz CT molecular complexity index is 698. The average Bonchev–Trinajstić information content (AvgIpc) is 3.30. The van der Waals surface area contributed by atoms with Crippen LogP contribution >= 0.6 is 0 Å². The molecule has 0 atom stereocenters. The predicted molar refractivity (Wildman–Crippen MR) is 87.5 cm³/mol. The van der Waals surface area contributed by atoms with E-state index in [9.17, 15) is 4.79 Å². The molecule has 1 aliphatic carbocycles. The number of nitrogens with one attached hydrogen (secondary N) is 1. The number of nitrogens with zero attached hydrogens (tertiary/aromatic N) is 1. The van der Waals surface area contributed by atoms with E-state index in [1.165, 1.54) is 0 Å². The first kappa shape index (κ1) is 14.8. The quantitative estimate of drug-likeness (QED) is 0.796. The number of fused-ring (bicyclic) bond motifs is 1. The molecular formula is C18H22N2O2. The Morgan fingerprint density at radius 3 is 3.00 bits per heavy atom. The maximum absolute atomic E-state index is 11.6. The number of hydrogen-bond acceptors (Lipinski definition) is 3. The first-order chi connectivity index (χ1) is 10.7. The Morgan fingerprint density at radius 1 is 1.50 bits per heavy atom. The van der Waals surface area contributed by atoms with Gasteiger partial charge in [0.1, 0.15) is 5.52 Å². The van der Waals surface area contributed by atoms with Gasteiger partial charge in [-0.25, -0.2) is 4.98 Å². The van der Waals surface area contributed by atoms with Gasteiger partial charge in [0, 0.05) is 18.9 Å². The van der Waals surface area contributed by atoms with E-state index in [0.717, 1.165) is 60.2 Å². The maximum Gasteiger partial charge on any atom is 0.223 e. The standard InChI is InChI=1S/C18H22N2O2/c1-3-12-10-14(6-5-9-19-18(21)13-7-8-13)17-15(11-12)20-16(4-2)22-17/h3,10-11,13H,1,4-9H2,2H3,(H,19,21). The van der Waals surface area contributed by atoms with Crippen LogP contribution in [0.1, 0.15) is 43.2 Å². The summed E-state index contributed by atoms with van der Waals surface area (Å²) in [5.74, 6) is 1.25. The van der Waals surface area contributed by atoms with E-state index in [2.05, 4.69) is 22.9 Å². The zero-order valence-corrected chi connectivity index (χ0v) is 13.0. The van der Waals surface area contributed by atoms with Crippen molar-refractivity contribution in [2.24, 2.45) is 5.92 Å². The van der Waals surface area contributed by atoms with Gasteiger partial charge in [0.05, 0.1) is 0 Å². The van der Waals surface area contributed by atoms with Crippen LogP contribution in [0.3, 0.4) is 0 Å². The van der Waals surface area contributed by atoms with Crippen molar-refractivity contribution in [1.82, 2.24) is 10.3 Å². The van der Waals surface area contributed by atoms with Gasteiger partial charge < -0.3 is 9.73 Å². The lowest BCUT2D eigenvalue weighted by atomic mass is 10.0. The van der Waals surface area contributed by atoms with Gasteiger partial charge in [0.2, 0.25) is 5.91 Å². The van der Waals surface area contributed by atoms with Crippen molar-refractivity contribution < 1.29 is 9.21 Å². The fraction of sp³-hybridized carbons (Fsp3) is 0.444. The molecule has 1 fully saturated rings. The third kappa shape index (κ3) is 3.21. The summed E-state index contributed by atoms with van der Waals surface area (Å²) in [6, 6.07) is 4.10. The molecule has 0 radical (unpaired) electrons. The Kier molecular flexibility index (Phi) is 4.27. The number of benzene rings is 1. The minimum absolute atomic E-state index is 0.206. The summed E-state index contributed by atoms with van der Waals surface area (Å²) in [6.45, 7) is 6.58. The molecule has 0 spiro atoms. The van der Waals surface area contributed by atoms with Crippen molar-refractivity contribution in [1.29, 1.82) is 0 Å². The average molecular weight is 298 g/mol. The molecule has 22 heavy (non-hydrogen) atoms. The molecule has 1 N–H and O–H groups in total. The SMILES string of the molecule is C=Cc1cc(CCCNC(=O)C2CC2)c2oc(CC)nc2c1. The lowest BCUT2D eigenvalue weighted by molar-refractivity contribution is -0.122. The van der Waals surface area contributed by atoms with Crippen molar-refractivity contribution in [3.8, 4) is 0 Å². The van der Waals surface area contributed by atoms with Gasteiger partial charge in [-0.05, 0) is 48.9 Å². The van der Waals surface area contributed by atoms with Crippen molar-refractivity contribution >= 4 is 23.1 Å².